The van der Waals surface area contributed by atoms with E-state index in [0.29, 0.717) is 16.8 Å². The van der Waals surface area contributed by atoms with E-state index < -0.39 is 5.97 Å². The van der Waals surface area contributed by atoms with Crippen molar-refractivity contribution in [2.75, 3.05) is 7.11 Å². The quantitative estimate of drug-likeness (QED) is 0.732. The Morgan fingerprint density at radius 1 is 1.29 bits per heavy atom. The van der Waals surface area contributed by atoms with Gasteiger partial charge in [-0.25, -0.2) is 9.78 Å². The van der Waals surface area contributed by atoms with Crippen molar-refractivity contribution in [3.63, 3.8) is 0 Å². The van der Waals surface area contributed by atoms with E-state index in [1.165, 1.54) is 7.11 Å². The smallest absolute Gasteiger partial charge is 0.340 e. The van der Waals surface area contributed by atoms with Crippen molar-refractivity contribution in [2.24, 2.45) is 0 Å². The molecule has 3 aromatic rings. The summed E-state index contributed by atoms with van der Waals surface area (Å²) >= 11 is 0. The van der Waals surface area contributed by atoms with Gasteiger partial charge in [0.25, 0.3) is 0 Å². The Morgan fingerprint density at radius 3 is 2.67 bits per heavy atom. The number of H-pyrrole nitrogens is 1. The molecule has 21 heavy (non-hydrogen) atoms. The summed E-state index contributed by atoms with van der Waals surface area (Å²) in [6.45, 7) is 5.55. The summed E-state index contributed by atoms with van der Waals surface area (Å²) in [6.07, 6.45) is 0. The number of benzene rings is 1. The molecule has 0 aliphatic rings. The number of hydrogen-bond donors (Lipinski definition) is 1. The summed E-state index contributed by atoms with van der Waals surface area (Å²) in [5.41, 5.74) is 4.32. The van der Waals surface area contributed by atoms with Gasteiger partial charge in [0, 0.05) is 5.56 Å². The first-order valence-corrected chi connectivity index (χ1v) is 6.53. The van der Waals surface area contributed by atoms with Crippen molar-refractivity contribution in [1.29, 1.82) is 0 Å². The van der Waals surface area contributed by atoms with E-state index in [4.69, 9.17) is 9.26 Å². The summed E-state index contributed by atoms with van der Waals surface area (Å²) in [5, 5.41) is 3.96. The molecule has 0 spiro atoms. The Morgan fingerprint density at radius 2 is 2.05 bits per heavy atom. The third kappa shape index (κ3) is 2.08. The van der Waals surface area contributed by atoms with Gasteiger partial charge in [-0.1, -0.05) is 5.16 Å². The van der Waals surface area contributed by atoms with Gasteiger partial charge in [-0.2, -0.15) is 0 Å². The fourth-order valence-electron chi connectivity index (χ4n) is 2.55. The third-order valence-corrected chi connectivity index (χ3v) is 3.43. The van der Waals surface area contributed by atoms with Crippen LogP contribution >= 0.6 is 0 Å². The van der Waals surface area contributed by atoms with Gasteiger partial charge in [0.1, 0.15) is 17.1 Å². The topological polar surface area (TPSA) is 81.0 Å². The van der Waals surface area contributed by atoms with E-state index in [2.05, 4.69) is 15.1 Å². The zero-order valence-corrected chi connectivity index (χ0v) is 12.3. The third-order valence-electron chi connectivity index (χ3n) is 3.43. The number of carbonyl (C=O) groups is 1. The molecule has 0 radical (unpaired) electrons. The maximum atomic E-state index is 12.0. The van der Waals surface area contributed by atoms with E-state index in [1.807, 2.05) is 26.8 Å². The van der Waals surface area contributed by atoms with Crippen LogP contribution in [-0.2, 0) is 4.74 Å². The maximum absolute atomic E-state index is 12.0. The number of esters is 1. The van der Waals surface area contributed by atoms with Crippen molar-refractivity contribution in [1.82, 2.24) is 15.1 Å². The minimum atomic E-state index is -0.417. The van der Waals surface area contributed by atoms with Crippen molar-refractivity contribution < 1.29 is 14.1 Å². The molecule has 0 aliphatic heterocycles. The summed E-state index contributed by atoms with van der Waals surface area (Å²) in [4.78, 5) is 19.5. The number of carbonyl (C=O) groups excluding carboxylic acids is 1. The molecule has 0 atom stereocenters. The first kappa shape index (κ1) is 13.4. The maximum Gasteiger partial charge on any atom is 0.340 e. The molecule has 0 saturated heterocycles. The molecule has 2 aromatic heterocycles. The molecule has 0 saturated carbocycles. The van der Waals surface area contributed by atoms with Crippen LogP contribution in [0.5, 0.6) is 0 Å². The summed E-state index contributed by atoms with van der Waals surface area (Å²) < 4.78 is 10.1. The van der Waals surface area contributed by atoms with Gasteiger partial charge < -0.3 is 14.2 Å². The lowest BCUT2D eigenvalue weighted by Crippen LogP contribution is -2.03. The van der Waals surface area contributed by atoms with E-state index >= 15 is 0 Å². The Labute approximate surface area is 121 Å². The second kappa shape index (κ2) is 4.73. The van der Waals surface area contributed by atoms with Gasteiger partial charge in [-0.3, -0.25) is 0 Å². The number of nitrogens with one attached hydrogen (secondary N) is 1. The lowest BCUT2D eigenvalue weighted by molar-refractivity contribution is 0.0603. The highest BCUT2D eigenvalue weighted by Gasteiger charge is 2.19. The predicted octanol–water partition coefficient (Wildman–Crippen LogP) is 2.93. The Balaban J connectivity index is 2.33. The highest BCUT2D eigenvalue weighted by Crippen LogP contribution is 2.31. The molecule has 0 amide bonds. The summed E-state index contributed by atoms with van der Waals surface area (Å²) in [5.74, 6) is 1.03. The van der Waals surface area contributed by atoms with Gasteiger partial charge in [0.15, 0.2) is 0 Å². The molecule has 0 unspecified atom stereocenters. The average molecular weight is 285 g/mol. The van der Waals surface area contributed by atoms with E-state index in [-0.39, 0.29) is 0 Å². The average Bonchev–Trinajstić information content (AvgIpc) is 2.98. The summed E-state index contributed by atoms with van der Waals surface area (Å²) in [7, 11) is 1.36. The number of imidazole rings is 1. The van der Waals surface area contributed by atoms with Crippen LogP contribution in [0, 0.1) is 20.8 Å². The van der Waals surface area contributed by atoms with Crippen LogP contribution in [0.3, 0.4) is 0 Å². The molecular formula is C15H15N3O3. The molecule has 0 aliphatic carbocycles. The largest absolute Gasteiger partial charge is 0.465 e. The van der Waals surface area contributed by atoms with Crippen molar-refractivity contribution in [3.05, 3.63) is 35.0 Å². The Kier molecular flexibility index (Phi) is 3.01. The van der Waals surface area contributed by atoms with E-state index in [0.717, 1.165) is 28.2 Å². The standard InChI is InChI=1S/C15H15N3O3/c1-7-13(8(2)21-18-7)10-5-11(15(19)20-4)14-12(6-10)16-9(3)17-14/h5-6H,1-4H3,(H,16,17). The van der Waals surface area contributed by atoms with Gasteiger partial charge in [0.05, 0.1) is 23.9 Å². The number of aryl methyl sites for hydroxylation is 3. The van der Waals surface area contributed by atoms with Gasteiger partial charge in [-0.05, 0) is 38.5 Å². The molecule has 1 aromatic carbocycles. The number of rotatable bonds is 2. The van der Waals surface area contributed by atoms with Crippen LogP contribution in [0.4, 0.5) is 0 Å². The molecule has 1 N–H and O–H groups in total. The number of ether oxygens (including phenoxy) is 1. The minimum Gasteiger partial charge on any atom is -0.465 e. The molecule has 6 nitrogen and oxygen atoms in total. The van der Waals surface area contributed by atoms with Crippen LogP contribution < -0.4 is 0 Å². The molecule has 0 fully saturated rings. The first-order chi connectivity index (χ1) is 10.0. The fraction of sp³-hybridized carbons (Fsp3) is 0.267. The van der Waals surface area contributed by atoms with Gasteiger partial charge in [0.2, 0.25) is 0 Å². The Bertz CT molecular complexity index is 826. The van der Waals surface area contributed by atoms with Gasteiger partial charge >= 0.3 is 5.97 Å². The molecule has 108 valence electrons. The second-order valence-electron chi connectivity index (χ2n) is 4.93. The zero-order valence-electron chi connectivity index (χ0n) is 12.3. The minimum absolute atomic E-state index is 0.417. The first-order valence-electron chi connectivity index (χ1n) is 6.53. The number of fused-ring (bicyclic) bond motifs is 1. The van der Waals surface area contributed by atoms with Crippen LogP contribution in [-0.4, -0.2) is 28.2 Å². The summed E-state index contributed by atoms with van der Waals surface area (Å²) in [6, 6.07) is 3.70. The van der Waals surface area contributed by atoms with Crippen LogP contribution in [0.1, 0.15) is 27.6 Å². The van der Waals surface area contributed by atoms with Crippen LogP contribution in [0.15, 0.2) is 16.7 Å². The van der Waals surface area contributed by atoms with Crippen molar-refractivity contribution in [3.8, 4) is 11.1 Å². The molecule has 2 heterocycles. The van der Waals surface area contributed by atoms with Crippen molar-refractivity contribution >= 4 is 17.0 Å². The lowest BCUT2D eigenvalue weighted by Gasteiger charge is -2.05. The van der Waals surface area contributed by atoms with E-state index in [1.54, 1.807) is 6.07 Å². The highest BCUT2D eigenvalue weighted by molar-refractivity contribution is 6.04. The lowest BCUT2D eigenvalue weighted by atomic mass is 10.0. The second-order valence-corrected chi connectivity index (χ2v) is 4.93. The SMILES string of the molecule is COC(=O)c1cc(-c2c(C)noc2C)cc2[nH]c(C)nc12. The molecule has 0 bridgehead atoms. The van der Waals surface area contributed by atoms with Crippen LogP contribution in [0.25, 0.3) is 22.2 Å². The van der Waals surface area contributed by atoms with Crippen LogP contribution in [0.2, 0.25) is 0 Å². The molecular weight excluding hydrogens is 270 g/mol. The normalized spacial score (nSPS) is 11.0. The number of methoxy groups -OCH3 is 1. The predicted molar refractivity (Wildman–Crippen MR) is 77.1 cm³/mol. The van der Waals surface area contributed by atoms with Gasteiger partial charge in [-0.15, -0.1) is 0 Å². The zero-order chi connectivity index (χ0) is 15.1. The number of aromatic nitrogens is 3. The van der Waals surface area contributed by atoms with E-state index in [9.17, 15) is 4.79 Å². The Hall–Kier alpha value is -2.63. The number of aromatic amines is 1. The van der Waals surface area contributed by atoms with Crippen molar-refractivity contribution in [2.45, 2.75) is 20.8 Å². The molecule has 6 heteroatoms. The molecule has 3 rings (SSSR count). The highest BCUT2D eigenvalue weighted by atomic mass is 16.5. The number of hydrogen-bond acceptors (Lipinski definition) is 5. The number of nitrogens with zero attached hydrogens (tertiary/aromatic N) is 2. The fourth-order valence-corrected chi connectivity index (χ4v) is 2.55. The monoisotopic (exact) mass is 285 g/mol.